The summed E-state index contributed by atoms with van der Waals surface area (Å²) in [7, 11) is 0. The Morgan fingerprint density at radius 3 is 1.97 bits per heavy atom. The second-order valence-corrected chi connectivity index (χ2v) is 9.19. The molecule has 0 heterocycles. The third-order valence-corrected chi connectivity index (χ3v) is 7.18. The van der Waals surface area contributed by atoms with Crippen LogP contribution in [0.3, 0.4) is 0 Å². The summed E-state index contributed by atoms with van der Waals surface area (Å²) in [6.07, 6.45) is 3.82. The third kappa shape index (κ3) is 5.08. The van der Waals surface area contributed by atoms with Crippen LogP contribution in [-0.4, -0.2) is 0 Å². The molecule has 0 aliphatic heterocycles. The minimum Gasteiger partial charge on any atom is -0.121 e. The molecule has 4 rings (SSSR count). The number of fused-ring (bicyclic) bond motifs is 1. The van der Waals surface area contributed by atoms with E-state index >= 15 is 0 Å². The van der Waals surface area contributed by atoms with Crippen molar-refractivity contribution in [1.29, 1.82) is 0 Å². The van der Waals surface area contributed by atoms with Gasteiger partial charge in [-0.25, -0.2) is 0 Å². The summed E-state index contributed by atoms with van der Waals surface area (Å²) < 4.78 is 0. The Labute approximate surface area is 187 Å². The van der Waals surface area contributed by atoms with Gasteiger partial charge in [-0.3, -0.25) is 0 Å². The maximum atomic E-state index is 3.93. The van der Waals surface area contributed by atoms with Gasteiger partial charge < -0.3 is 0 Å². The molecule has 4 aromatic carbocycles. The van der Waals surface area contributed by atoms with Crippen LogP contribution in [0.1, 0.15) is 22.3 Å². The molecule has 0 saturated carbocycles. The highest BCUT2D eigenvalue weighted by atomic mass is 32.2. The van der Waals surface area contributed by atoms with E-state index in [-0.39, 0.29) is 0 Å². The molecule has 0 fully saturated rings. The van der Waals surface area contributed by atoms with Gasteiger partial charge in [0.15, 0.2) is 0 Å². The van der Waals surface area contributed by atoms with Crippen LogP contribution in [0.2, 0.25) is 0 Å². The number of thioether (sulfide) groups is 2. The lowest BCUT2D eigenvalue weighted by Gasteiger charge is -2.08. The van der Waals surface area contributed by atoms with Crippen LogP contribution >= 0.6 is 23.5 Å². The molecule has 0 nitrogen and oxygen atoms in total. The normalized spacial score (nSPS) is 10.8. The second kappa shape index (κ2) is 9.88. The molecular weight excluding hydrogens is 400 g/mol. The molecule has 0 spiro atoms. The Morgan fingerprint density at radius 2 is 1.30 bits per heavy atom. The van der Waals surface area contributed by atoms with Crippen molar-refractivity contribution in [3.63, 3.8) is 0 Å². The van der Waals surface area contributed by atoms with E-state index in [2.05, 4.69) is 98.1 Å². The highest BCUT2D eigenvalue weighted by molar-refractivity contribution is 7.98. The second-order valence-electron chi connectivity index (χ2n) is 7.10. The van der Waals surface area contributed by atoms with Crippen molar-refractivity contribution in [3.05, 3.63) is 120 Å². The fourth-order valence-corrected chi connectivity index (χ4v) is 5.18. The number of hydrogen-bond acceptors (Lipinski definition) is 2. The van der Waals surface area contributed by atoms with Gasteiger partial charge in [0, 0.05) is 21.3 Å². The summed E-state index contributed by atoms with van der Waals surface area (Å²) in [6.45, 7) is 7.75. The van der Waals surface area contributed by atoms with Crippen LogP contribution in [0.25, 0.3) is 22.9 Å². The average molecular weight is 425 g/mol. The first kappa shape index (κ1) is 20.6. The Bertz CT molecular complexity index is 1170. The van der Waals surface area contributed by atoms with Gasteiger partial charge in [-0.2, -0.15) is 0 Å². The molecule has 0 aromatic heterocycles. The molecule has 0 unspecified atom stereocenters. The first-order valence-electron chi connectivity index (χ1n) is 9.96. The molecule has 0 radical (unpaired) electrons. The standard InChI is InChI=1S/C28H24S2/c1-3-21-9-11-22(12-10-21)19-29-27-15-13-24-14-16-28(18-26(24)17-27)30-20-25-8-6-5-7-23(25)4-2/h3-18H,1-2,19-20H2. The molecular formula is C28H24S2. The quantitative estimate of drug-likeness (QED) is 0.259. The van der Waals surface area contributed by atoms with Crippen LogP contribution in [0.15, 0.2) is 108 Å². The molecule has 0 bridgehead atoms. The van der Waals surface area contributed by atoms with Crippen molar-refractivity contribution in [1.82, 2.24) is 0 Å². The first-order valence-corrected chi connectivity index (χ1v) is 11.9. The average Bonchev–Trinajstić information content (AvgIpc) is 2.81. The van der Waals surface area contributed by atoms with E-state index < -0.39 is 0 Å². The van der Waals surface area contributed by atoms with E-state index in [1.807, 2.05) is 35.7 Å². The summed E-state index contributed by atoms with van der Waals surface area (Å²) in [5, 5.41) is 2.58. The first-order chi connectivity index (χ1) is 14.7. The molecule has 148 valence electrons. The summed E-state index contributed by atoms with van der Waals surface area (Å²) in [5.74, 6) is 1.92. The minimum atomic E-state index is 0.947. The fourth-order valence-electron chi connectivity index (χ4n) is 3.32. The molecule has 0 aliphatic carbocycles. The number of rotatable bonds is 8. The van der Waals surface area contributed by atoms with E-state index in [4.69, 9.17) is 0 Å². The largest absolute Gasteiger partial charge is 0.121 e. The predicted molar refractivity (Wildman–Crippen MR) is 136 cm³/mol. The highest BCUT2D eigenvalue weighted by Crippen LogP contribution is 2.31. The summed E-state index contributed by atoms with van der Waals surface area (Å²) >= 11 is 3.75. The van der Waals surface area contributed by atoms with Crippen molar-refractivity contribution in [2.24, 2.45) is 0 Å². The van der Waals surface area contributed by atoms with Gasteiger partial charge in [0.1, 0.15) is 0 Å². The minimum absolute atomic E-state index is 0.947. The lowest BCUT2D eigenvalue weighted by Crippen LogP contribution is -1.86. The van der Waals surface area contributed by atoms with E-state index in [1.54, 1.807) is 0 Å². The van der Waals surface area contributed by atoms with Crippen molar-refractivity contribution in [3.8, 4) is 0 Å². The van der Waals surface area contributed by atoms with E-state index in [0.29, 0.717) is 0 Å². The summed E-state index contributed by atoms with van der Waals surface area (Å²) in [4.78, 5) is 2.60. The van der Waals surface area contributed by atoms with Gasteiger partial charge in [-0.05, 0) is 57.3 Å². The third-order valence-electron chi connectivity index (χ3n) is 5.07. The lowest BCUT2D eigenvalue weighted by atomic mass is 10.1. The molecule has 0 amide bonds. The van der Waals surface area contributed by atoms with Crippen molar-refractivity contribution < 1.29 is 0 Å². The predicted octanol–water partition coefficient (Wildman–Crippen LogP) is 8.71. The van der Waals surface area contributed by atoms with Crippen LogP contribution in [0, 0.1) is 0 Å². The van der Waals surface area contributed by atoms with Crippen molar-refractivity contribution in [2.75, 3.05) is 0 Å². The zero-order valence-corrected chi connectivity index (χ0v) is 18.5. The molecule has 2 heteroatoms. The monoisotopic (exact) mass is 424 g/mol. The lowest BCUT2D eigenvalue weighted by molar-refractivity contribution is 1.37. The van der Waals surface area contributed by atoms with E-state index in [0.717, 1.165) is 17.1 Å². The number of hydrogen-bond donors (Lipinski definition) is 0. The molecule has 4 aromatic rings. The Balaban J connectivity index is 1.46. The summed E-state index contributed by atoms with van der Waals surface area (Å²) in [6, 6.07) is 30.6. The molecule has 0 saturated heterocycles. The van der Waals surface area contributed by atoms with E-state index in [9.17, 15) is 0 Å². The topological polar surface area (TPSA) is 0 Å². The van der Waals surface area contributed by atoms with Crippen LogP contribution in [0.5, 0.6) is 0 Å². The molecule has 0 aliphatic rings. The number of benzene rings is 4. The van der Waals surface area contributed by atoms with Gasteiger partial charge in [0.2, 0.25) is 0 Å². The SMILES string of the molecule is C=Cc1ccc(CSc2ccc3ccc(SCc4ccccc4C=C)cc3c2)cc1. The van der Waals surface area contributed by atoms with Crippen LogP contribution in [-0.2, 0) is 11.5 Å². The van der Waals surface area contributed by atoms with Gasteiger partial charge in [-0.15, -0.1) is 23.5 Å². The molecule has 30 heavy (non-hydrogen) atoms. The maximum absolute atomic E-state index is 3.93. The smallest absolute Gasteiger partial charge is 0.0237 e. The van der Waals surface area contributed by atoms with Gasteiger partial charge in [0.05, 0.1) is 0 Å². The highest BCUT2D eigenvalue weighted by Gasteiger charge is 2.04. The van der Waals surface area contributed by atoms with Crippen LogP contribution in [0.4, 0.5) is 0 Å². The summed E-state index contributed by atoms with van der Waals surface area (Å²) in [5.41, 5.74) is 5.03. The van der Waals surface area contributed by atoms with Crippen molar-refractivity contribution >= 4 is 46.4 Å². The maximum Gasteiger partial charge on any atom is 0.0237 e. The molecule has 0 N–H and O–H groups in total. The Morgan fingerprint density at radius 1 is 0.633 bits per heavy atom. The zero-order valence-electron chi connectivity index (χ0n) is 16.9. The van der Waals surface area contributed by atoms with E-state index in [1.165, 1.54) is 37.3 Å². The van der Waals surface area contributed by atoms with Gasteiger partial charge >= 0.3 is 0 Å². The Hall–Kier alpha value is -2.68. The van der Waals surface area contributed by atoms with Crippen LogP contribution < -0.4 is 0 Å². The van der Waals surface area contributed by atoms with Gasteiger partial charge in [0.25, 0.3) is 0 Å². The Kier molecular flexibility index (Phi) is 6.78. The van der Waals surface area contributed by atoms with Gasteiger partial charge in [-0.1, -0.05) is 86.0 Å². The molecule has 0 atom stereocenters. The van der Waals surface area contributed by atoms with Crippen molar-refractivity contribution in [2.45, 2.75) is 21.3 Å². The fraction of sp³-hybridized carbons (Fsp3) is 0.0714. The zero-order chi connectivity index (χ0) is 20.8.